The van der Waals surface area contributed by atoms with E-state index < -0.39 is 29.6 Å². The molecule has 3 unspecified atom stereocenters. The van der Waals surface area contributed by atoms with E-state index in [1.165, 1.54) is 12.1 Å². The fraction of sp³-hybridized carbons (Fsp3) is 0.588. The Kier molecular flexibility index (Phi) is 6.30. The summed E-state index contributed by atoms with van der Waals surface area (Å²) in [7, 11) is 0. The quantitative estimate of drug-likeness (QED) is 0.763. The lowest BCUT2D eigenvalue weighted by Gasteiger charge is -2.30. The van der Waals surface area contributed by atoms with Crippen molar-refractivity contribution >= 4 is 18.2 Å². The molecule has 1 aromatic rings. The highest BCUT2D eigenvalue weighted by Gasteiger charge is 2.34. The first-order valence-corrected chi connectivity index (χ1v) is 8.23. The first kappa shape index (κ1) is 19.1. The number of halogens is 1. The van der Waals surface area contributed by atoms with E-state index in [9.17, 15) is 14.0 Å². The molecule has 1 amide bonds. The second-order valence-corrected chi connectivity index (χ2v) is 6.89. The van der Waals surface area contributed by atoms with Crippen molar-refractivity contribution in [2.45, 2.75) is 57.4 Å². The molecule has 0 aliphatic carbocycles. The average molecular weight is 353 g/mol. The second-order valence-electron chi connectivity index (χ2n) is 6.89. The number of rotatable bonds is 6. The number of aldehydes is 1. The predicted molar refractivity (Wildman–Crippen MR) is 89.8 cm³/mol. The summed E-state index contributed by atoms with van der Waals surface area (Å²) in [5.41, 5.74) is -0.678. The largest absolute Gasteiger partial charge is 0.444 e. The molecular weight excluding hydrogens is 329 g/mol. The Morgan fingerprint density at radius 1 is 1.48 bits per heavy atom. The van der Waals surface area contributed by atoms with Crippen LogP contribution in [0.3, 0.4) is 0 Å². The van der Waals surface area contributed by atoms with Gasteiger partial charge in [-0.05, 0) is 45.7 Å². The van der Waals surface area contributed by atoms with E-state index in [0.717, 1.165) is 19.0 Å². The summed E-state index contributed by atoms with van der Waals surface area (Å²) >= 11 is 0. The van der Waals surface area contributed by atoms with Crippen LogP contribution in [0.15, 0.2) is 18.3 Å². The Morgan fingerprint density at radius 3 is 2.76 bits per heavy atom. The Morgan fingerprint density at radius 2 is 2.24 bits per heavy atom. The van der Waals surface area contributed by atoms with E-state index in [2.05, 4.69) is 15.6 Å². The maximum atomic E-state index is 13.0. The number of aromatic nitrogens is 1. The van der Waals surface area contributed by atoms with Crippen molar-refractivity contribution < 1.29 is 23.5 Å². The number of nitrogens with one attached hydrogen (secondary N) is 2. The second kappa shape index (κ2) is 8.24. The molecule has 8 heteroatoms. The smallest absolute Gasteiger partial charge is 0.408 e. The first-order chi connectivity index (χ1) is 11.8. The number of ether oxygens (including phenoxy) is 2. The van der Waals surface area contributed by atoms with Crippen LogP contribution in [0.1, 0.15) is 33.6 Å². The fourth-order valence-electron chi connectivity index (χ4n) is 2.58. The monoisotopic (exact) mass is 353 g/mol. The molecule has 2 heterocycles. The summed E-state index contributed by atoms with van der Waals surface area (Å²) in [5.74, 6) is -0.0715. The average Bonchev–Trinajstić information content (AvgIpc) is 3.05. The number of amides is 1. The van der Waals surface area contributed by atoms with Crippen LogP contribution in [0.5, 0.6) is 0 Å². The molecule has 25 heavy (non-hydrogen) atoms. The standard InChI is InChI=1S/C17H24FN3O4/c1-17(2,3)25-16(23)20-12(10-22)15(13-5-4-8-24-13)21-14-7-6-11(18)9-19-14/h6-7,9-10,12-13,15H,4-5,8H2,1-3H3,(H,19,21)(H,20,23). The van der Waals surface area contributed by atoms with Gasteiger partial charge >= 0.3 is 6.09 Å². The van der Waals surface area contributed by atoms with Gasteiger partial charge < -0.3 is 24.9 Å². The summed E-state index contributed by atoms with van der Waals surface area (Å²) in [6.45, 7) is 5.79. The van der Waals surface area contributed by atoms with E-state index in [0.29, 0.717) is 18.7 Å². The van der Waals surface area contributed by atoms with Crippen molar-refractivity contribution in [3.63, 3.8) is 0 Å². The van der Waals surface area contributed by atoms with E-state index >= 15 is 0 Å². The van der Waals surface area contributed by atoms with Gasteiger partial charge in [0, 0.05) is 6.61 Å². The van der Waals surface area contributed by atoms with Crippen LogP contribution >= 0.6 is 0 Å². The topological polar surface area (TPSA) is 89.5 Å². The van der Waals surface area contributed by atoms with Gasteiger partial charge in [0.05, 0.1) is 18.3 Å². The highest BCUT2D eigenvalue weighted by atomic mass is 19.1. The lowest BCUT2D eigenvalue weighted by molar-refractivity contribution is -0.110. The first-order valence-electron chi connectivity index (χ1n) is 8.23. The van der Waals surface area contributed by atoms with Crippen LogP contribution < -0.4 is 10.6 Å². The molecule has 1 fully saturated rings. The van der Waals surface area contributed by atoms with E-state index in [-0.39, 0.29) is 6.10 Å². The summed E-state index contributed by atoms with van der Waals surface area (Å²) in [6, 6.07) is 1.29. The summed E-state index contributed by atoms with van der Waals surface area (Å²) < 4.78 is 23.9. The van der Waals surface area contributed by atoms with Gasteiger partial charge in [-0.15, -0.1) is 0 Å². The Bertz CT molecular complexity index is 583. The van der Waals surface area contributed by atoms with E-state index in [1.807, 2.05) is 0 Å². The van der Waals surface area contributed by atoms with E-state index in [1.54, 1.807) is 20.8 Å². The van der Waals surface area contributed by atoms with E-state index in [4.69, 9.17) is 9.47 Å². The minimum absolute atomic E-state index is 0.281. The third kappa shape index (κ3) is 5.97. The zero-order chi connectivity index (χ0) is 18.4. The summed E-state index contributed by atoms with van der Waals surface area (Å²) in [5, 5.41) is 5.62. The molecule has 0 radical (unpaired) electrons. The van der Waals surface area contributed by atoms with Gasteiger partial charge in [0.2, 0.25) is 0 Å². The van der Waals surface area contributed by atoms with Crippen molar-refractivity contribution in [1.29, 1.82) is 0 Å². The Labute approximate surface area is 146 Å². The molecular formula is C17H24FN3O4. The third-order valence-electron chi connectivity index (χ3n) is 3.62. The molecule has 1 aliphatic rings. The summed E-state index contributed by atoms with van der Waals surface area (Å²) in [6.07, 6.45) is 2.33. The zero-order valence-corrected chi connectivity index (χ0v) is 14.6. The maximum Gasteiger partial charge on any atom is 0.408 e. The molecule has 0 saturated carbocycles. The predicted octanol–water partition coefficient (Wildman–Crippen LogP) is 2.27. The van der Waals surface area contributed by atoms with Crippen LogP contribution in [-0.4, -0.2) is 47.8 Å². The van der Waals surface area contributed by atoms with Gasteiger partial charge in [-0.1, -0.05) is 0 Å². The molecule has 138 valence electrons. The van der Waals surface area contributed by atoms with Crippen molar-refractivity contribution in [2.24, 2.45) is 0 Å². The lowest BCUT2D eigenvalue weighted by atomic mass is 10.0. The number of alkyl carbamates (subject to hydrolysis) is 1. The van der Waals surface area contributed by atoms with Crippen LogP contribution in [0, 0.1) is 5.82 Å². The minimum Gasteiger partial charge on any atom is -0.444 e. The van der Waals surface area contributed by atoms with Crippen LogP contribution in [-0.2, 0) is 14.3 Å². The zero-order valence-electron chi connectivity index (χ0n) is 14.6. The molecule has 1 aromatic heterocycles. The van der Waals surface area contributed by atoms with Gasteiger partial charge in [-0.3, -0.25) is 0 Å². The molecule has 0 aromatic carbocycles. The van der Waals surface area contributed by atoms with Crippen molar-refractivity contribution in [3.8, 4) is 0 Å². The molecule has 3 atom stereocenters. The van der Waals surface area contributed by atoms with Gasteiger partial charge in [-0.2, -0.15) is 0 Å². The number of hydrogen-bond donors (Lipinski definition) is 2. The van der Waals surface area contributed by atoms with Crippen LogP contribution in [0.2, 0.25) is 0 Å². The van der Waals surface area contributed by atoms with Crippen LogP contribution in [0.25, 0.3) is 0 Å². The Balaban J connectivity index is 2.12. The maximum absolute atomic E-state index is 13.0. The normalized spacial score (nSPS) is 19.8. The summed E-state index contributed by atoms with van der Waals surface area (Å²) in [4.78, 5) is 27.6. The molecule has 7 nitrogen and oxygen atoms in total. The molecule has 0 spiro atoms. The number of carbonyl (C=O) groups excluding carboxylic acids is 2. The lowest BCUT2D eigenvalue weighted by Crippen LogP contribution is -2.54. The molecule has 2 N–H and O–H groups in total. The number of nitrogens with zero attached hydrogens (tertiary/aromatic N) is 1. The van der Waals surface area contributed by atoms with Gasteiger partial charge in [0.15, 0.2) is 0 Å². The van der Waals surface area contributed by atoms with Gasteiger partial charge in [0.25, 0.3) is 0 Å². The number of hydrogen-bond acceptors (Lipinski definition) is 6. The highest BCUT2D eigenvalue weighted by molar-refractivity contribution is 5.74. The Hall–Kier alpha value is -2.22. The number of anilines is 1. The molecule has 2 rings (SSSR count). The SMILES string of the molecule is CC(C)(C)OC(=O)NC(C=O)C(Nc1ccc(F)cn1)C1CCCO1. The van der Waals surface area contributed by atoms with Crippen molar-refractivity contribution in [2.75, 3.05) is 11.9 Å². The van der Waals surface area contributed by atoms with Gasteiger partial charge in [0.1, 0.15) is 29.6 Å². The molecule has 1 aliphatic heterocycles. The molecule has 1 saturated heterocycles. The fourth-order valence-corrected chi connectivity index (χ4v) is 2.58. The van der Waals surface area contributed by atoms with Gasteiger partial charge in [-0.25, -0.2) is 14.2 Å². The molecule has 0 bridgehead atoms. The van der Waals surface area contributed by atoms with Crippen LogP contribution in [0.4, 0.5) is 15.0 Å². The number of carbonyl (C=O) groups is 2. The van der Waals surface area contributed by atoms with Crippen molar-refractivity contribution in [3.05, 3.63) is 24.1 Å². The van der Waals surface area contributed by atoms with Crippen molar-refractivity contribution in [1.82, 2.24) is 10.3 Å². The minimum atomic E-state index is -0.884. The number of pyridine rings is 1. The third-order valence-corrected chi connectivity index (χ3v) is 3.62. The highest BCUT2D eigenvalue weighted by Crippen LogP contribution is 2.21.